The molecule has 0 fully saturated rings. The van der Waals surface area contributed by atoms with E-state index in [2.05, 4.69) is 5.32 Å². The molecule has 6 nitrogen and oxygen atoms in total. The zero-order valence-electron chi connectivity index (χ0n) is 17.3. The molecule has 0 saturated heterocycles. The minimum Gasteiger partial charge on any atom is -0.468 e. The first-order valence-electron chi connectivity index (χ1n) is 10.2. The molecule has 1 N–H and O–H groups in total. The number of unbranched alkanes of at least 4 members (excludes halogenated alkanes) is 1. The van der Waals surface area contributed by atoms with Crippen LogP contribution in [-0.2, 0) is 25.7 Å². The molecule has 2 aromatic rings. The molecule has 1 atom stereocenters. The van der Waals surface area contributed by atoms with Gasteiger partial charge in [0.1, 0.15) is 12.6 Å². The van der Waals surface area contributed by atoms with Gasteiger partial charge >= 0.3 is 11.9 Å². The highest BCUT2D eigenvalue weighted by Gasteiger charge is 2.20. The summed E-state index contributed by atoms with van der Waals surface area (Å²) in [4.78, 5) is 36.1. The second-order valence-electron chi connectivity index (χ2n) is 6.96. The molecule has 30 heavy (non-hydrogen) atoms. The number of nitrogens with one attached hydrogen (secondary N) is 1. The summed E-state index contributed by atoms with van der Waals surface area (Å²) < 4.78 is 10.1. The van der Waals surface area contributed by atoms with Gasteiger partial charge in [-0.15, -0.1) is 0 Å². The standard InChI is InChI=1S/C24H29NO5/c1-29-24(28)21(15-16-22(26)20-12-6-3-7-13-20)25-17-9-8-14-23(27)30-18-19-10-4-2-5-11-19/h2-7,10-13,21,25H,8-9,14-18H2,1H3. The van der Waals surface area contributed by atoms with E-state index in [-0.39, 0.29) is 24.8 Å². The molecular formula is C24H29NO5. The molecule has 2 aromatic carbocycles. The summed E-state index contributed by atoms with van der Waals surface area (Å²) in [5.41, 5.74) is 1.59. The molecular weight excluding hydrogens is 382 g/mol. The van der Waals surface area contributed by atoms with Crippen molar-refractivity contribution in [2.24, 2.45) is 0 Å². The van der Waals surface area contributed by atoms with Crippen molar-refractivity contribution in [1.29, 1.82) is 0 Å². The molecule has 160 valence electrons. The maximum atomic E-state index is 12.2. The summed E-state index contributed by atoms with van der Waals surface area (Å²) in [6.45, 7) is 0.822. The van der Waals surface area contributed by atoms with Crippen molar-refractivity contribution < 1.29 is 23.9 Å². The fourth-order valence-electron chi connectivity index (χ4n) is 2.97. The van der Waals surface area contributed by atoms with Crippen molar-refractivity contribution in [2.45, 2.75) is 44.8 Å². The summed E-state index contributed by atoms with van der Waals surface area (Å²) in [5, 5.41) is 3.13. The molecule has 0 radical (unpaired) electrons. The highest BCUT2D eigenvalue weighted by Crippen LogP contribution is 2.09. The molecule has 0 aliphatic heterocycles. The summed E-state index contributed by atoms with van der Waals surface area (Å²) in [6.07, 6.45) is 2.30. The molecule has 0 amide bonds. The first-order chi connectivity index (χ1) is 14.6. The lowest BCUT2D eigenvalue weighted by atomic mass is 10.0. The lowest BCUT2D eigenvalue weighted by molar-refractivity contribution is -0.145. The van der Waals surface area contributed by atoms with E-state index < -0.39 is 12.0 Å². The van der Waals surface area contributed by atoms with Gasteiger partial charge in [-0.2, -0.15) is 0 Å². The quantitative estimate of drug-likeness (QED) is 0.308. The SMILES string of the molecule is COC(=O)C(CCC(=O)c1ccccc1)NCCCCC(=O)OCc1ccccc1. The van der Waals surface area contributed by atoms with Gasteiger partial charge in [-0.25, -0.2) is 0 Å². The summed E-state index contributed by atoms with van der Waals surface area (Å²) in [5.74, 6) is -0.637. The maximum Gasteiger partial charge on any atom is 0.322 e. The fourth-order valence-corrected chi connectivity index (χ4v) is 2.97. The van der Waals surface area contributed by atoms with Crippen molar-refractivity contribution in [1.82, 2.24) is 5.32 Å². The second kappa shape index (κ2) is 13.3. The van der Waals surface area contributed by atoms with Gasteiger partial charge in [0, 0.05) is 18.4 Å². The minimum absolute atomic E-state index is 0.00698. The predicted octanol–water partition coefficient (Wildman–Crippen LogP) is 3.69. The molecule has 0 aliphatic carbocycles. The van der Waals surface area contributed by atoms with Gasteiger partial charge in [0.25, 0.3) is 0 Å². The van der Waals surface area contributed by atoms with Crippen molar-refractivity contribution in [3.05, 3.63) is 71.8 Å². The topological polar surface area (TPSA) is 81.7 Å². The molecule has 0 spiro atoms. The van der Waals surface area contributed by atoms with Crippen LogP contribution in [0.1, 0.15) is 48.0 Å². The number of carbonyl (C=O) groups excluding carboxylic acids is 3. The number of ketones is 1. The number of rotatable bonds is 13. The summed E-state index contributed by atoms with van der Waals surface area (Å²) in [7, 11) is 1.33. The van der Waals surface area contributed by atoms with Crippen molar-refractivity contribution >= 4 is 17.7 Å². The van der Waals surface area contributed by atoms with Crippen LogP contribution in [0.4, 0.5) is 0 Å². The van der Waals surface area contributed by atoms with E-state index in [9.17, 15) is 14.4 Å². The highest BCUT2D eigenvalue weighted by molar-refractivity contribution is 5.96. The van der Waals surface area contributed by atoms with Gasteiger partial charge in [0.15, 0.2) is 5.78 Å². The number of hydrogen-bond donors (Lipinski definition) is 1. The van der Waals surface area contributed by atoms with E-state index in [1.807, 2.05) is 48.5 Å². The van der Waals surface area contributed by atoms with Crippen LogP contribution >= 0.6 is 0 Å². The number of esters is 2. The number of ether oxygens (including phenoxy) is 2. The maximum absolute atomic E-state index is 12.2. The average molecular weight is 411 g/mol. The third-order valence-electron chi connectivity index (χ3n) is 4.68. The summed E-state index contributed by atoms with van der Waals surface area (Å²) in [6, 6.07) is 18.0. The molecule has 0 saturated carbocycles. The van der Waals surface area contributed by atoms with Crippen LogP contribution in [0.5, 0.6) is 0 Å². The van der Waals surface area contributed by atoms with E-state index in [0.717, 1.165) is 5.56 Å². The molecule has 0 aliphatic rings. The first kappa shape index (κ1) is 23.3. The third kappa shape index (κ3) is 8.57. The van der Waals surface area contributed by atoms with E-state index in [0.29, 0.717) is 37.8 Å². The smallest absolute Gasteiger partial charge is 0.322 e. The Morgan fingerprint density at radius 3 is 2.23 bits per heavy atom. The minimum atomic E-state index is -0.548. The van der Waals surface area contributed by atoms with Gasteiger partial charge in [-0.1, -0.05) is 60.7 Å². The molecule has 0 heterocycles. The van der Waals surface area contributed by atoms with Gasteiger partial charge in [-0.3, -0.25) is 14.4 Å². The lowest BCUT2D eigenvalue weighted by Crippen LogP contribution is -2.38. The fraction of sp³-hybridized carbons (Fsp3) is 0.375. The zero-order valence-corrected chi connectivity index (χ0v) is 17.3. The number of benzene rings is 2. The lowest BCUT2D eigenvalue weighted by Gasteiger charge is -2.16. The van der Waals surface area contributed by atoms with E-state index in [1.165, 1.54) is 7.11 Å². The third-order valence-corrected chi connectivity index (χ3v) is 4.68. The monoisotopic (exact) mass is 411 g/mol. The van der Waals surface area contributed by atoms with Gasteiger partial charge in [0.05, 0.1) is 7.11 Å². The van der Waals surface area contributed by atoms with Crippen LogP contribution < -0.4 is 5.32 Å². The van der Waals surface area contributed by atoms with Gasteiger partial charge in [0.2, 0.25) is 0 Å². The Hall–Kier alpha value is -2.99. The Morgan fingerprint density at radius 2 is 1.57 bits per heavy atom. The molecule has 1 unspecified atom stereocenters. The Labute approximate surface area is 177 Å². The highest BCUT2D eigenvalue weighted by atomic mass is 16.5. The van der Waals surface area contributed by atoms with Crippen LogP contribution in [0.25, 0.3) is 0 Å². The van der Waals surface area contributed by atoms with Gasteiger partial charge in [-0.05, 0) is 31.4 Å². The predicted molar refractivity (Wildman–Crippen MR) is 114 cm³/mol. The van der Waals surface area contributed by atoms with Crippen molar-refractivity contribution in [2.75, 3.05) is 13.7 Å². The molecule has 0 aromatic heterocycles. The van der Waals surface area contributed by atoms with Crippen molar-refractivity contribution in [3.8, 4) is 0 Å². The average Bonchev–Trinajstić information content (AvgIpc) is 2.80. The number of methoxy groups -OCH3 is 1. The molecule has 2 rings (SSSR count). The first-order valence-corrected chi connectivity index (χ1v) is 10.2. The molecule has 6 heteroatoms. The van der Waals surface area contributed by atoms with E-state index in [1.54, 1.807) is 12.1 Å². The zero-order chi connectivity index (χ0) is 21.6. The Morgan fingerprint density at radius 1 is 0.900 bits per heavy atom. The van der Waals surface area contributed by atoms with Crippen LogP contribution in [0, 0.1) is 0 Å². The Kier molecular flexibility index (Phi) is 10.3. The number of Topliss-reactive ketones (excluding diaryl/α,β-unsaturated/α-hetero) is 1. The summed E-state index contributed by atoms with van der Waals surface area (Å²) >= 11 is 0. The number of carbonyl (C=O) groups is 3. The van der Waals surface area contributed by atoms with Gasteiger partial charge < -0.3 is 14.8 Å². The Balaban J connectivity index is 1.64. The van der Waals surface area contributed by atoms with E-state index in [4.69, 9.17) is 9.47 Å². The van der Waals surface area contributed by atoms with Crippen LogP contribution in [-0.4, -0.2) is 37.4 Å². The molecule has 0 bridgehead atoms. The second-order valence-corrected chi connectivity index (χ2v) is 6.96. The Bertz CT molecular complexity index is 792. The van der Waals surface area contributed by atoms with Crippen LogP contribution in [0.15, 0.2) is 60.7 Å². The van der Waals surface area contributed by atoms with E-state index >= 15 is 0 Å². The number of hydrogen-bond acceptors (Lipinski definition) is 6. The normalized spacial score (nSPS) is 11.5. The largest absolute Gasteiger partial charge is 0.468 e. The van der Waals surface area contributed by atoms with Crippen LogP contribution in [0.3, 0.4) is 0 Å². The van der Waals surface area contributed by atoms with Crippen molar-refractivity contribution in [3.63, 3.8) is 0 Å². The van der Waals surface area contributed by atoms with Crippen LogP contribution in [0.2, 0.25) is 0 Å².